The van der Waals surface area contributed by atoms with Crippen molar-refractivity contribution in [2.75, 3.05) is 0 Å². The summed E-state index contributed by atoms with van der Waals surface area (Å²) in [6.45, 7) is 0. The van der Waals surface area contributed by atoms with Crippen LogP contribution in [0.15, 0.2) is 48.5 Å². The van der Waals surface area contributed by atoms with Crippen LogP contribution in [-0.2, 0) is 6.42 Å². The number of carbonyl (C=O) groups excluding carboxylic acids is 1. The van der Waals surface area contributed by atoms with E-state index in [9.17, 15) is 9.18 Å². The molecule has 2 aromatic rings. The van der Waals surface area contributed by atoms with Crippen molar-refractivity contribution in [3.63, 3.8) is 0 Å². The molecule has 0 spiro atoms. The Labute approximate surface area is 117 Å². The van der Waals surface area contributed by atoms with Gasteiger partial charge in [-0.1, -0.05) is 36.4 Å². The fourth-order valence-corrected chi connectivity index (χ4v) is 3.76. The third kappa shape index (κ3) is 1.71. The van der Waals surface area contributed by atoms with Gasteiger partial charge in [0.1, 0.15) is 5.82 Å². The Bertz CT molecular complexity index is 691. The molecule has 1 fully saturated rings. The summed E-state index contributed by atoms with van der Waals surface area (Å²) in [5.41, 5.74) is 3.23. The molecular formula is C18H15FO. The first-order chi connectivity index (χ1) is 9.75. The van der Waals surface area contributed by atoms with E-state index in [0.29, 0.717) is 17.4 Å². The van der Waals surface area contributed by atoms with Crippen LogP contribution < -0.4 is 0 Å². The molecule has 20 heavy (non-hydrogen) atoms. The summed E-state index contributed by atoms with van der Waals surface area (Å²) >= 11 is 0. The van der Waals surface area contributed by atoms with Gasteiger partial charge in [-0.3, -0.25) is 4.79 Å². The molecule has 0 radical (unpaired) electrons. The second kappa shape index (κ2) is 4.27. The van der Waals surface area contributed by atoms with E-state index < -0.39 is 0 Å². The van der Waals surface area contributed by atoms with E-state index in [2.05, 4.69) is 18.2 Å². The zero-order valence-electron chi connectivity index (χ0n) is 11.1. The van der Waals surface area contributed by atoms with Crippen LogP contribution in [0.1, 0.15) is 33.8 Å². The van der Waals surface area contributed by atoms with Gasteiger partial charge in [-0.2, -0.15) is 0 Å². The lowest BCUT2D eigenvalue weighted by atomic mass is 9.92. The quantitative estimate of drug-likeness (QED) is 0.751. The van der Waals surface area contributed by atoms with Gasteiger partial charge >= 0.3 is 0 Å². The number of Topliss-reactive ketones (excluding diaryl/α,β-unsaturated/α-hetero) is 1. The van der Waals surface area contributed by atoms with Gasteiger partial charge in [0.25, 0.3) is 0 Å². The van der Waals surface area contributed by atoms with E-state index in [0.717, 1.165) is 12.8 Å². The van der Waals surface area contributed by atoms with Crippen molar-refractivity contribution in [1.82, 2.24) is 0 Å². The van der Waals surface area contributed by atoms with Gasteiger partial charge in [0.15, 0.2) is 5.78 Å². The van der Waals surface area contributed by atoms with Crippen molar-refractivity contribution in [1.29, 1.82) is 0 Å². The van der Waals surface area contributed by atoms with E-state index in [4.69, 9.17) is 0 Å². The zero-order valence-corrected chi connectivity index (χ0v) is 11.1. The molecule has 4 rings (SSSR count). The van der Waals surface area contributed by atoms with E-state index >= 15 is 0 Å². The predicted molar refractivity (Wildman–Crippen MR) is 75.2 cm³/mol. The lowest BCUT2D eigenvalue weighted by Gasteiger charge is -2.13. The third-order valence-electron chi connectivity index (χ3n) is 4.74. The Morgan fingerprint density at radius 2 is 1.95 bits per heavy atom. The lowest BCUT2D eigenvalue weighted by molar-refractivity contribution is 0.0958. The maximum absolute atomic E-state index is 13.3. The average molecular weight is 266 g/mol. The molecule has 0 aromatic heterocycles. The fourth-order valence-electron chi connectivity index (χ4n) is 3.76. The minimum atomic E-state index is -0.333. The molecule has 2 aromatic carbocycles. The number of fused-ring (bicyclic) bond motifs is 3. The van der Waals surface area contributed by atoms with Gasteiger partial charge in [0, 0.05) is 11.5 Å². The van der Waals surface area contributed by atoms with Crippen LogP contribution in [-0.4, -0.2) is 5.78 Å². The molecule has 3 atom stereocenters. The summed E-state index contributed by atoms with van der Waals surface area (Å²) in [6.07, 6.45) is 2.14. The maximum Gasteiger partial charge on any atom is 0.166 e. The highest BCUT2D eigenvalue weighted by atomic mass is 19.1. The molecule has 3 unspecified atom stereocenters. The van der Waals surface area contributed by atoms with E-state index in [1.54, 1.807) is 12.1 Å². The van der Waals surface area contributed by atoms with Gasteiger partial charge in [-0.05, 0) is 47.9 Å². The molecule has 2 heteroatoms. The van der Waals surface area contributed by atoms with Gasteiger partial charge in [-0.15, -0.1) is 0 Å². The van der Waals surface area contributed by atoms with E-state index in [1.165, 1.54) is 23.3 Å². The highest BCUT2D eigenvalue weighted by molar-refractivity contribution is 6.01. The van der Waals surface area contributed by atoms with Gasteiger partial charge in [0.2, 0.25) is 0 Å². The lowest BCUT2D eigenvalue weighted by Crippen LogP contribution is -2.04. The number of halogens is 1. The SMILES string of the molecule is O=C(c1cccc(F)c1)C1C2CCc3ccccc3C21. The molecule has 0 bridgehead atoms. The molecule has 1 saturated carbocycles. The van der Waals surface area contributed by atoms with Crippen molar-refractivity contribution >= 4 is 5.78 Å². The number of hydrogen-bond acceptors (Lipinski definition) is 1. The van der Waals surface area contributed by atoms with Crippen LogP contribution in [0.2, 0.25) is 0 Å². The number of carbonyl (C=O) groups is 1. The molecule has 0 saturated heterocycles. The van der Waals surface area contributed by atoms with Crippen molar-refractivity contribution in [3.8, 4) is 0 Å². The van der Waals surface area contributed by atoms with Crippen molar-refractivity contribution in [3.05, 3.63) is 71.0 Å². The standard InChI is InChI=1S/C18H15FO/c19-13-6-3-5-12(10-13)18(20)17-15-9-8-11-4-1-2-7-14(11)16(15)17/h1-7,10,15-17H,8-9H2. The van der Waals surface area contributed by atoms with Crippen molar-refractivity contribution < 1.29 is 9.18 Å². The second-order valence-electron chi connectivity index (χ2n) is 5.83. The largest absolute Gasteiger partial charge is 0.294 e. The summed E-state index contributed by atoms with van der Waals surface area (Å²) < 4.78 is 13.3. The van der Waals surface area contributed by atoms with Crippen LogP contribution in [0.5, 0.6) is 0 Å². The normalized spacial score (nSPS) is 26.6. The Morgan fingerprint density at radius 3 is 2.80 bits per heavy atom. The maximum atomic E-state index is 13.3. The van der Waals surface area contributed by atoms with Gasteiger partial charge < -0.3 is 0 Å². The second-order valence-corrected chi connectivity index (χ2v) is 5.83. The van der Waals surface area contributed by atoms with Gasteiger partial charge in [0.05, 0.1) is 0 Å². The molecule has 0 heterocycles. The number of ketones is 1. The number of hydrogen-bond donors (Lipinski definition) is 0. The first-order valence-electron chi connectivity index (χ1n) is 7.13. The molecule has 0 amide bonds. The van der Waals surface area contributed by atoms with Crippen molar-refractivity contribution in [2.45, 2.75) is 18.8 Å². The first-order valence-corrected chi connectivity index (χ1v) is 7.13. The first kappa shape index (κ1) is 11.8. The molecule has 2 aliphatic carbocycles. The van der Waals surface area contributed by atoms with Crippen LogP contribution in [0.25, 0.3) is 0 Å². The molecule has 1 nitrogen and oxygen atoms in total. The smallest absolute Gasteiger partial charge is 0.166 e. The minimum Gasteiger partial charge on any atom is -0.294 e. The van der Waals surface area contributed by atoms with Crippen LogP contribution in [0.4, 0.5) is 4.39 Å². The number of aryl methyl sites for hydroxylation is 1. The molecule has 0 N–H and O–H groups in total. The predicted octanol–water partition coefficient (Wildman–Crippen LogP) is 3.98. The average Bonchev–Trinajstić information content (AvgIpc) is 3.21. The number of benzene rings is 2. The summed E-state index contributed by atoms with van der Waals surface area (Å²) in [5.74, 6) is 0.646. The zero-order chi connectivity index (χ0) is 13.7. The molecular weight excluding hydrogens is 251 g/mol. The third-order valence-corrected chi connectivity index (χ3v) is 4.74. The fraction of sp³-hybridized carbons (Fsp3) is 0.278. The van der Waals surface area contributed by atoms with Crippen LogP contribution >= 0.6 is 0 Å². The van der Waals surface area contributed by atoms with Crippen LogP contribution in [0, 0.1) is 17.7 Å². The summed E-state index contributed by atoms with van der Waals surface area (Å²) in [4.78, 5) is 12.6. The van der Waals surface area contributed by atoms with Gasteiger partial charge in [-0.25, -0.2) is 4.39 Å². The Kier molecular flexibility index (Phi) is 2.53. The molecule has 100 valence electrons. The highest BCUT2D eigenvalue weighted by Gasteiger charge is 2.56. The molecule has 0 aliphatic heterocycles. The van der Waals surface area contributed by atoms with Crippen molar-refractivity contribution in [2.24, 2.45) is 11.8 Å². The number of rotatable bonds is 2. The topological polar surface area (TPSA) is 17.1 Å². The van der Waals surface area contributed by atoms with E-state index in [-0.39, 0.29) is 17.5 Å². The van der Waals surface area contributed by atoms with Crippen LogP contribution in [0.3, 0.4) is 0 Å². The highest BCUT2D eigenvalue weighted by Crippen LogP contribution is 2.60. The molecule has 2 aliphatic rings. The Hall–Kier alpha value is -1.96. The minimum absolute atomic E-state index is 0.0560. The monoisotopic (exact) mass is 266 g/mol. The Morgan fingerprint density at radius 1 is 1.10 bits per heavy atom. The summed E-state index contributed by atoms with van der Waals surface area (Å²) in [6, 6.07) is 14.5. The van der Waals surface area contributed by atoms with E-state index in [1.807, 2.05) is 6.07 Å². The summed E-state index contributed by atoms with van der Waals surface area (Å²) in [5, 5.41) is 0. The summed E-state index contributed by atoms with van der Waals surface area (Å²) in [7, 11) is 0. The Balaban J connectivity index is 1.65.